The van der Waals surface area contributed by atoms with E-state index in [-0.39, 0.29) is 11.9 Å². The standard InChI is InChI=1S/C13H26N2O/c1-4-7-10(2)14-11(3)13(16)15-12-8-5-6-9-12/h10-12,14H,4-9H2,1-3H3,(H,15,16)/t10-,11+/m0/s1. The third kappa shape index (κ3) is 4.52. The van der Waals surface area contributed by atoms with E-state index in [1.165, 1.54) is 12.8 Å². The molecule has 0 bridgehead atoms. The summed E-state index contributed by atoms with van der Waals surface area (Å²) in [6.45, 7) is 6.26. The number of nitrogens with one attached hydrogen (secondary N) is 2. The van der Waals surface area contributed by atoms with Gasteiger partial charge in [0.15, 0.2) is 0 Å². The van der Waals surface area contributed by atoms with Gasteiger partial charge >= 0.3 is 0 Å². The molecule has 0 saturated heterocycles. The molecule has 0 aromatic carbocycles. The molecule has 1 saturated carbocycles. The Kier molecular flexibility index (Phi) is 5.81. The Morgan fingerprint density at radius 1 is 1.31 bits per heavy atom. The van der Waals surface area contributed by atoms with E-state index in [1.807, 2.05) is 6.92 Å². The third-order valence-corrected chi connectivity index (χ3v) is 3.35. The second-order valence-corrected chi connectivity index (χ2v) is 5.07. The highest BCUT2D eigenvalue weighted by molar-refractivity contribution is 5.81. The Balaban J connectivity index is 2.23. The predicted molar refractivity (Wildman–Crippen MR) is 67.4 cm³/mol. The summed E-state index contributed by atoms with van der Waals surface area (Å²) in [5.74, 6) is 0.162. The first-order chi connectivity index (χ1) is 7.63. The summed E-state index contributed by atoms with van der Waals surface area (Å²) in [7, 11) is 0. The van der Waals surface area contributed by atoms with Gasteiger partial charge in [0.2, 0.25) is 5.91 Å². The van der Waals surface area contributed by atoms with Gasteiger partial charge in [-0.25, -0.2) is 0 Å². The van der Waals surface area contributed by atoms with Crippen molar-refractivity contribution >= 4 is 5.91 Å². The second kappa shape index (κ2) is 6.89. The Hall–Kier alpha value is -0.570. The highest BCUT2D eigenvalue weighted by Gasteiger charge is 2.21. The van der Waals surface area contributed by atoms with Crippen LogP contribution in [0.5, 0.6) is 0 Å². The van der Waals surface area contributed by atoms with Gasteiger partial charge in [0, 0.05) is 12.1 Å². The van der Waals surface area contributed by atoms with Crippen molar-refractivity contribution in [3.63, 3.8) is 0 Å². The molecular formula is C13H26N2O. The van der Waals surface area contributed by atoms with Crippen LogP contribution in [0.1, 0.15) is 59.3 Å². The Labute approximate surface area is 99.4 Å². The number of hydrogen-bond acceptors (Lipinski definition) is 2. The van der Waals surface area contributed by atoms with Crippen LogP contribution in [0.3, 0.4) is 0 Å². The normalized spacial score (nSPS) is 20.7. The quantitative estimate of drug-likeness (QED) is 0.729. The number of carbonyl (C=O) groups excluding carboxylic acids is 1. The van der Waals surface area contributed by atoms with Crippen LogP contribution in [0.15, 0.2) is 0 Å². The first kappa shape index (κ1) is 13.5. The van der Waals surface area contributed by atoms with E-state index in [4.69, 9.17) is 0 Å². The molecule has 94 valence electrons. The van der Waals surface area contributed by atoms with Crippen molar-refractivity contribution < 1.29 is 4.79 Å². The van der Waals surface area contributed by atoms with Crippen molar-refractivity contribution in [3.8, 4) is 0 Å². The maximum atomic E-state index is 11.9. The maximum Gasteiger partial charge on any atom is 0.237 e. The molecule has 0 aromatic heterocycles. The molecule has 1 rings (SSSR count). The van der Waals surface area contributed by atoms with Crippen molar-refractivity contribution in [2.45, 2.75) is 77.4 Å². The molecule has 1 aliphatic carbocycles. The molecule has 16 heavy (non-hydrogen) atoms. The van der Waals surface area contributed by atoms with Crippen molar-refractivity contribution in [1.29, 1.82) is 0 Å². The van der Waals surface area contributed by atoms with Gasteiger partial charge in [-0.15, -0.1) is 0 Å². The van der Waals surface area contributed by atoms with E-state index < -0.39 is 0 Å². The molecule has 2 atom stereocenters. The fourth-order valence-electron chi connectivity index (χ4n) is 2.42. The van der Waals surface area contributed by atoms with Crippen LogP contribution in [0.25, 0.3) is 0 Å². The molecule has 0 unspecified atom stereocenters. The van der Waals surface area contributed by atoms with Crippen LogP contribution in [0.2, 0.25) is 0 Å². The van der Waals surface area contributed by atoms with E-state index in [1.54, 1.807) is 0 Å². The van der Waals surface area contributed by atoms with Crippen LogP contribution in [-0.4, -0.2) is 24.0 Å². The van der Waals surface area contributed by atoms with Crippen LogP contribution >= 0.6 is 0 Å². The molecule has 1 aliphatic rings. The van der Waals surface area contributed by atoms with Gasteiger partial charge in [-0.3, -0.25) is 4.79 Å². The van der Waals surface area contributed by atoms with Crippen molar-refractivity contribution in [3.05, 3.63) is 0 Å². The van der Waals surface area contributed by atoms with Crippen LogP contribution in [-0.2, 0) is 4.79 Å². The molecule has 3 nitrogen and oxygen atoms in total. The fraction of sp³-hybridized carbons (Fsp3) is 0.923. The van der Waals surface area contributed by atoms with Crippen molar-refractivity contribution in [2.75, 3.05) is 0 Å². The number of rotatable bonds is 6. The average molecular weight is 226 g/mol. The van der Waals surface area contributed by atoms with Crippen LogP contribution < -0.4 is 10.6 Å². The molecule has 1 fully saturated rings. The van der Waals surface area contributed by atoms with Gasteiger partial charge in [0.25, 0.3) is 0 Å². The lowest BCUT2D eigenvalue weighted by molar-refractivity contribution is -0.123. The van der Waals surface area contributed by atoms with Gasteiger partial charge in [-0.05, 0) is 33.1 Å². The zero-order chi connectivity index (χ0) is 12.0. The minimum atomic E-state index is -0.0675. The highest BCUT2D eigenvalue weighted by atomic mass is 16.2. The lowest BCUT2D eigenvalue weighted by Crippen LogP contribution is -2.48. The fourth-order valence-corrected chi connectivity index (χ4v) is 2.42. The van der Waals surface area contributed by atoms with Gasteiger partial charge in [-0.1, -0.05) is 26.2 Å². The predicted octanol–water partition coefficient (Wildman–Crippen LogP) is 2.21. The second-order valence-electron chi connectivity index (χ2n) is 5.07. The molecule has 2 N–H and O–H groups in total. The zero-order valence-electron chi connectivity index (χ0n) is 10.9. The topological polar surface area (TPSA) is 41.1 Å². The highest BCUT2D eigenvalue weighted by Crippen LogP contribution is 2.17. The molecule has 1 amide bonds. The van der Waals surface area contributed by atoms with E-state index in [0.29, 0.717) is 12.1 Å². The van der Waals surface area contributed by atoms with Crippen molar-refractivity contribution in [1.82, 2.24) is 10.6 Å². The summed E-state index contributed by atoms with van der Waals surface area (Å²) in [5, 5.41) is 6.47. The van der Waals surface area contributed by atoms with Gasteiger partial charge in [-0.2, -0.15) is 0 Å². The van der Waals surface area contributed by atoms with Gasteiger partial charge < -0.3 is 10.6 Å². The summed E-state index contributed by atoms with van der Waals surface area (Å²) in [4.78, 5) is 11.9. The van der Waals surface area contributed by atoms with Crippen LogP contribution in [0.4, 0.5) is 0 Å². The minimum absolute atomic E-state index is 0.0675. The van der Waals surface area contributed by atoms with Crippen LogP contribution in [0, 0.1) is 0 Å². The molecule has 0 aliphatic heterocycles. The molecule has 0 spiro atoms. The summed E-state index contributed by atoms with van der Waals surface area (Å²) >= 11 is 0. The lowest BCUT2D eigenvalue weighted by Gasteiger charge is -2.21. The smallest absolute Gasteiger partial charge is 0.237 e. The third-order valence-electron chi connectivity index (χ3n) is 3.35. The summed E-state index contributed by atoms with van der Waals surface area (Å²) in [5.41, 5.74) is 0. The molecule has 0 heterocycles. The Morgan fingerprint density at radius 2 is 1.94 bits per heavy atom. The van der Waals surface area contributed by atoms with E-state index >= 15 is 0 Å². The van der Waals surface area contributed by atoms with E-state index in [9.17, 15) is 4.79 Å². The average Bonchev–Trinajstić information content (AvgIpc) is 2.70. The summed E-state index contributed by atoms with van der Waals surface area (Å²) < 4.78 is 0. The monoisotopic (exact) mass is 226 g/mol. The Bertz CT molecular complexity index is 212. The van der Waals surface area contributed by atoms with E-state index in [0.717, 1.165) is 25.7 Å². The molecular weight excluding hydrogens is 200 g/mol. The lowest BCUT2D eigenvalue weighted by atomic mass is 10.1. The van der Waals surface area contributed by atoms with Gasteiger partial charge in [0.1, 0.15) is 0 Å². The van der Waals surface area contributed by atoms with Crippen molar-refractivity contribution in [2.24, 2.45) is 0 Å². The maximum absolute atomic E-state index is 11.9. The van der Waals surface area contributed by atoms with E-state index in [2.05, 4.69) is 24.5 Å². The molecule has 3 heteroatoms. The van der Waals surface area contributed by atoms with Gasteiger partial charge in [0.05, 0.1) is 6.04 Å². The molecule has 0 aromatic rings. The first-order valence-electron chi connectivity index (χ1n) is 6.70. The minimum Gasteiger partial charge on any atom is -0.352 e. The zero-order valence-corrected chi connectivity index (χ0v) is 10.9. The largest absolute Gasteiger partial charge is 0.352 e. The first-order valence-corrected chi connectivity index (χ1v) is 6.70. The molecule has 0 radical (unpaired) electrons. The summed E-state index contributed by atoms with van der Waals surface area (Å²) in [6, 6.07) is 0.787. The number of carbonyl (C=O) groups is 1. The number of amides is 1. The number of hydrogen-bond donors (Lipinski definition) is 2. The summed E-state index contributed by atoms with van der Waals surface area (Å²) in [6.07, 6.45) is 7.12. The Morgan fingerprint density at radius 3 is 2.50 bits per heavy atom. The SMILES string of the molecule is CCC[C@H](C)N[C@H](C)C(=O)NC1CCCC1.